The molecule has 2 aromatic carbocycles. The third-order valence-electron chi connectivity index (χ3n) is 7.40. The standard InChI is InChI=1S/C30H33ClN4O3S/c1-21-5-6-24(18-22(21)2)26-19-27(23-7-9-25(31)10-8-23)35(32-26)29(36)20-34(30(37)28-4-3-17-39-28)12-11-33-13-15-38-16-14-33/h3-10,17-18,27H,11-16,19-20H2,1-2H3/t27-/m1/s1. The van der Waals surface area contributed by atoms with Crippen LogP contribution in [0.15, 0.2) is 65.1 Å². The highest BCUT2D eigenvalue weighted by atomic mass is 35.5. The van der Waals surface area contributed by atoms with E-state index in [1.807, 2.05) is 41.8 Å². The second-order valence-electron chi connectivity index (χ2n) is 10.0. The number of hydrazone groups is 1. The number of hydrogen-bond donors (Lipinski definition) is 0. The smallest absolute Gasteiger partial charge is 0.264 e. The van der Waals surface area contributed by atoms with E-state index in [4.69, 9.17) is 21.4 Å². The molecule has 1 fully saturated rings. The molecule has 0 radical (unpaired) electrons. The summed E-state index contributed by atoms with van der Waals surface area (Å²) in [6, 6.07) is 17.2. The number of morpholine rings is 1. The number of benzene rings is 2. The number of ether oxygens (including phenoxy) is 1. The van der Waals surface area contributed by atoms with E-state index in [0.717, 1.165) is 29.9 Å². The first-order valence-electron chi connectivity index (χ1n) is 13.2. The van der Waals surface area contributed by atoms with Crippen molar-refractivity contribution >= 4 is 40.5 Å². The Morgan fingerprint density at radius 1 is 1.08 bits per heavy atom. The lowest BCUT2D eigenvalue weighted by Gasteiger charge is -2.31. The summed E-state index contributed by atoms with van der Waals surface area (Å²) in [5, 5.41) is 8.93. The molecule has 7 nitrogen and oxygen atoms in total. The molecule has 0 aliphatic carbocycles. The SMILES string of the molecule is Cc1ccc(C2=NN(C(=O)CN(CCN3CCOCC3)C(=O)c3cccs3)[C@@H](c3ccc(Cl)cc3)C2)cc1C. The van der Waals surface area contributed by atoms with Crippen LogP contribution in [0, 0.1) is 13.8 Å². The maximum Gasteiger partial charge on any atom is 0.264 e. The molecule has 2 amide bonds. The molecule has 9 heteroatoms. The minimum absolute atomic E-state index is 0.0468. The Bertz CT molecular complexity index is 1340. The van der Waals surface area contributed by atoms with Gasteiger partial charge in [0.25, 0.3) is 11.8 Å². The van der Waals surface area contributed by atoms with Crippen molar-refractivity contribution in [2.45, 2.75) is 26.3 Å². The van der Waals surface area contributed by atoms with E-state index in [-0.39, 0.29) is 24.4 Å². The molecular formula is C30H33ClN4O3S. The fourth-order valence-electron chi connectivity index (χ4n) is 4.91. The number of amides is 2. The van der Waals surface area contributed by atoms with Crippen LogP contribution < -0.4 is 0 Å². The molecule has 0 spiro atoms. The minimum Gasteiger partial charge on any atom is -0.379 e. The molecule has 3 aromatic rings. The fraction of sp³-hybridized carbons (Fsp3) is 0.367. The molecular weight excluding hydrogens is 532 g/mol. The molecule has 204 valence electrons. The lowest BCUT2D eigenvalue weighted by Crippen LogP contribution is -2.46. The van der Waals surface area contributed by atoms with E-state index in [0.29, 0.717) is 42.6 Å². The van der Waals surface area contributed by atoms with Crippen molar-refractivity contribution in [1.29, 1.82) is 0 Å². The molecule has 3 heterocycles. The zero-order valence-electron chi connectivity index (χ0n) is 22.3. The van der Waals surface area contributed by atoms with Crippen LogP contribution in [0.4, 0.5) is 0 Å². The summed E-state index contributed by atoms with van der Waals surface area (Å²) in [6.07, 6.45) is 0.586. The van der Waals surface area contributed by atoms with Gasteiger partial charge in [-0.15, -0.1) is 11.3 Å². The first-order chi connectivity index (χ1) is 18.9. The number of rotatable bonds is 8. The third-order valence-corrected chi connectivity index (χ3v) is 8.51. The van der Waals surface area contributed by atoms with E-state index in [9.17, 15) is 9.59 Å². The van der Waals surface area contributed by atoms with Gasteiger partial charge in [0, 0.05) is 37.6 Å². The van der Waals surface area contributed by atoms with Crippen LogP contribution in [0.2, 0.25) is 5.02 Å². The second-order valence-corrected chi connectivity index (χ2v) is 11.4. The Hall–Kier alpha value is -3.04. The van der Waals surface area contributed by atoms with Gasteiger partial charge in [0.1, 0.15) is 6.54 Å². The summed E-state index contributed by atoms with van der Waals surface area (Å²) in [5.74, 6) is -0.340. The number of carbonyl (C=O) groups excluding carboxylic acids is 2. The molecule has 2 aliphatic rings. The van der Waals surface area contributed by atoms with Crippen LogP contribution in [0.1, 0.15) is 44.4 Å². The fourth-order valence-corrected chi connectivity index (χ4v) is 5.73. The largest absolute Gasteiger partial charge is 0.379 e. The third kappa shape index (κ3) is 6.58. The van der Waals surface area contributed by atoms with Crippen molar-refractivity contribution in [2.75, 3.05) is 45.9 Å². The quantitative estimate of drug-likeness (QED) is 0.379. The Kier molecular flexibility index (Phi) is 8.77. The Morgan fingerprint density at radius 2 is 1.85 bits per heavy atom. The van der Waals surface area contributed by atoms with E-state index < -0.39 is 0 Å². The van der Waals surface area contributed by atoms with E-state index in [2.05, 4.69) is 36.9 Å². The van der Waals surface area contributed by atoms with Crippen LogP contribution >= 0.6 is 22.9 Å². The van der Waals surface area contributed by atoms with Gasteiger partial charge in [0.2, 0.25) is 0 Å². The molecule has 1 aromatic heterocycles. The number of thiophene rings is 1. The highest BCUT2D eigenvalue weighted by molar-refractivity contribution is 7.12. The number of hydrogen-bond acceptors (Lipinski definition) is 6. The Labute approximate surface area is 238 Å². The van der Waals surface area contributed by atoms with Crippen molar-refractivity contribution in [3.05, 3.63) is 92.1 Å². The molecule has 39 heavy (non-hydrogen) atoms. The number of aryl methyl sites for hydroxylation is 2. The second kappa shape index (κ2) is 12.4. The predicted molar refractivity (Wildman–Crippen MR) is 156 cm³/mol. The molecule has 5 rings (SSSR count). The zero-order valence-corrected chi connectivity index (χ0v) is 23.9. The van der Waals surface area contributed by atoms with Crippen LogP contribution in [-0.4, -0.2) is 78.3 Å². The van der Waals surface area contributed by atoms with E-state index in [1.54, 1.807) is 9.91 Å². The van der Waals surface area contributed by atoms with Crippen molar-refractivity contribution in [3.63, 3.8) is 0 Å². The highest BCUT2D eigenvalue weighted by Gasteiger charge is 2.35. The van der Waals surface area contributed by atoms with Gasteiger partial charge in [0.05, 0.1) is 29.8 Å². The highest BCUT2D eigenvalue weighted by Crippen LogP contribution is 2.34. The van der Waals surface area contributed by atoms with Gasteiger partial charge in [-0.05, 0) is 65.7 Å². The van der Waals surface area contributed by atoms with Gasteiger partial charge in [-0.25, -0.2) is 5.01 Å². The van der Waals surface area contributed by atoms with Crippen LogP contribution in [0.3, 0.4) is 0 Å². The molecule has 2 aliphatic heterocycles. The first-order valence-corrected chi connectivity index (χ1v) is 14.5. The van der Waals surface area contributed by atoms with Gasteiger partial charge in [-0.2, -0.15) is 5.10 Å². The molecule has 0 bridgehead atoms. The average molecular weight is 565 g/mol. The summed E-state index contributed by atoms with van der Waals surface area (Å²) in [5.41, 5.74) is 5.21. The van der Waals surface area contributed by atoms with Gasteiger partial charge in [-0.1, -0.05) is 41.9 Å². The van der Waals surface area contributed by atoms with Gasteiger partial charge in [0.15, 0.2) is 0 Å². The van der Waals surface area contributed by atoms with Crippen molar-refractivity contribution in [1.82, 2.24) is 14.8 Å². The minimum atomic E-state index is -0.274. The molecule has 0 unspecified atom stereocenters. The molecule has 0 N–H and O–H groups in total. The lowest BCUT2D eigenvalue weighted by molar-refractivity contribution is -0.133. The average Bonchev–Trinajstić information content (AvgIpc) is 3.64. The summed E-state index contributed by atoms with van der Waals surface area (Å²) in [4.78, 5) is 31.9. The van der Waals surface area contributed by atoms with E-state index in [1.165, 1.54) is 22.5 Å². The van der Waals surface area contributed by atoms with Gasteiger partial charge >= 0.3 is 0 Å². The van der Waals surface area contributed by atoms with Crippen LogP contribution in [0.25, 0.3) is 0 Å². The zero-order chi connectivity index (χ0) is 27.4. The molecule has 0 saturated carbocycles. The molecule has 1 atom stereocenters. The summed E-state index contributed by atoms with van der Waals surface area (Å²) in [7, 11) is 0. The number of halogens is 1. The van der Waals surface area contributed by atoms with Crippen LogP contribution in [0.5, 0.6) is 0 Å². The van der Waals surface area contributed by atoms with E-state index >= 15 is 0 Å². The van der Waals surface area contributed by atoms with Gasteiger partial charge in [-0.3, -0.25) is 14.5 Å². The maximum absolute atomic E-state index is 13.9. The number of nitrogens with zero attached hydrogens (tertiary/aromatic N) is 4. The Morgan fingerprint density at radius 3 is 2.54 bits per heavy atom. The van der Waals surface area contributed by atoms with Crippen molar-refractivity contribution < 1.29 is 14.3 Å². The topological polar surface area (TPSA) is 65.5 Å². The lowest BCUT2D eigenvalue weighted by atomic mass is 9.96. The number of carbonyl (C=O) groups is 2. The Balaban J connectivity index is 1.40. The van der Waals surface area contributed by atoms with Crippen molar-refractivity contribution in [3.8, 4) is 0 Å². The van der Waals surface area contributed by atoms with Gasteiger partial charge < -0.3 is 9.64 Å². The summed E-state index contributed by atoms with van der Waals surface area (Å²) >= 11 is 7.55. The maximum atomic E-state index is 13.9. The summed E-state index contributed by atoms with van der Waals surface area (Å²) in [6.45, 7) is 8.27. The monoisotopic (exact) mass is 564 g/mol. The normalized spacial score (nSPS) is 17.8. The van der Waals surface area contributed by atoms with Crippen molar-refractivity contribution in [2.24, 2.45) is 5.10 Å². The first kappa shape index (κ1) is 27.5. The van der Waals surface area contributed by atoms with Crippen LogP contribution in [-0.2, 0) is 9.53 Å². The molecule has 1 saturated heterocycles. The summed E-state index contributed by atoms with van der Waals surface area (Å²) < 4.78 is 5.46. The predicted octanol–water partition coefficient (Wildman–Crippen LogP) is 5.17.